The highest BCUT2D eigenvalue weighted by Crippen LogP contribution is 2.52. The van der Waals surface area contributed by atoms with Crippen LogP contribution in [0.25, 0.3) is 0 Å². The Balaban J connectivity index is 1.85. The van der Waals surface area contributed by atoms with E-state index in [9.17, 15) is 14.4 Å². The number of rotatable bonds is 2. The summed E-state index contributed by atoms with van der Waals surface area (Å²) in [5, 5.41) is 0. The molecule has 3 aliphatic rings. The Morgan fingerprint density at radius 2 is 1.62 bits per heavy atom. The Bertz CT molecular complexity index is 757. The molecule has 4 heteroatoms. The predicted molar refractivity (Wildman–Crippen MR) is 97.3 cm³/mol. The van der Waals surface area contributed by atoms with Crippen LogP contribution >= 0.6 is 0 Å². The van der Waals surface area contributed by atoms with E-state index in [0.717, 1.165) is 30.4 Å². The van der Waals surface area contributed by atoms with E-state index in [0.29, 0.717) is 17.9 Å². The van der Waals surface area contributed by atoms with Crippen LogP contribution in [-0.4, -0.2) is 24.5 Å². The van der Waals surface area contributed by atoms with Gasteiger partial charge in [0.05, 0.1) is 11.5 Å². The van der Waals surface area contributed by atoms with Crippen molar-refractivity contribution in [1.82, 2.24) is 0 Å². The average molecular weight is 354 g/mol. The maximum atomic E-state index is 12.5. The van der Waals surface area contributed by atoms with Gasteiger partial charge in [-0.25, -0.2) is 0 Å². The van der Waals surface area contributed by atoms with Crippen molar-refractivity contribution < 1.29 is 19.1 Å². The number of carbonyl (C=O) groups is 3. The minimum Gasteiger partial charge on any atom is -0.373 e. The Hall–Kier alpha value is -1.81. The van der Waals surface area contributed by atoms with Crippen LogP contribution in [0.3, 0.4) is 0 Å². The molecule has 1 saturated carbocycles. The molecule has 0 aromatic heterocycles. The van der Waals surface area contributed by atoms with Crippen molar-refractivity contribution in [2.45, 2.75) is 69.3 Å². The summed E-state index contributed by atoms with van der Waals surface area (Å²) in [6.45, 7) is 0. The maximum absolute atomic E-state index is 12.5. The van der Waals surface area contributed by atoms with E-state index in [4.69, 9.17) is 4.74 Å². The molecule has 4 rings (SSSR count). The van der Waals surface area contributed by atoms with E-state index >= 15 is 0 Å². The predicted octanol–water partition coefficient (Wildman–Crippen LogP) is 4.10. The molecule has 1 aromatic rings. The summed E-state index contributed by atoms with van der Waals surface area (Å²) >= 11 is 0. The highest BCUT2D eigenvalue weighted by atomic mass is 16.5. The van der Waals surface area contributed by atoms with Crippen molar-refractivity contribution in [2.24, 2.45) is 5.92 Å². The molecule has 3 aliphatic carbocycles. The summed E-state index contributed by atoms with van der Waals surface area (Å²) < 4.78 is 6.20. The van der Waals surface area contributed by atoms with Crippen molar-refractivity contribution in [3.05, 3.63) is 34.9 Å². The molecule has 0 heterocycles. The van der Waals surface area contributed by atoms with Gasteiger partial charge in [0, 0.05) is 12.7 Å². The third kappa shape index (κ3) is 2.50. The van der Waals surface area contributed by atoms with Gasteiger partial charge in [-0.1, -0.05) is 50.3 Å². The van der Waals surface area contributed by atoms with Crippen molar-refractivity contribution >= 4 is 17.3 Å². The third-order valence-electron chi connectivity index (χ3n) is 6.83. The molecule has 0 bridgehead atoms. The molecular formula is C22H26O4. The van der Waals surface area contributed by atoms with Crippen molar-refractivity contribution in [1.29, 1.82) is 0 Å². The Kier molecular flexibility index (Phi) is 4.55. The fraction of sp³-hybridized carbons (Fsp3) is 0.591. The number of carbonyl (C=O) groups excluding carboxylic acids is 3. The first kappa shape index (κ1) is 17.6. The van der Waals surface area contributed by atoms with Crippen LogP contribution in [0.2, 0.25) is 0 Å². The van der Waals surface area contributed by atoms with Gasteiger partial charge in [-0.15, -0.1) is 0 Å². The zero-order chi connectivity index (χ0) is 18.3. The lowest BCUT2D eigenvalue weighted by Crippen LogP contribution is -2.46. The van der Waals surface area contributed by atoms with Crippen LogP contribution in [0, 0.1) is 5.92 Å². The molecule has 1 aromatic carbocycles. The lowest BCUT2D eigenvalue weighted by Gasteiger charge is -2.47. The molecule has 0 saturated heterocycles. The highest BCUT2D eigenvalue weighted by Gasteiger charge is 2.51. The molecule has 0 spiro atoms. The summed E-state index contributed by atoms with van der Waals surface area (Å²) in [5.74, 6) is -2.10. The van der Waals surface area contributed by atoms with Crippen LogP contribution in [-0.2, 0) is 19.9 Å². The van der Waals surface area contributed by atoms with Crippen LogP contribution < -0.4 is 0 Å². The standard InChI is InChI=1S/C22H26O4/c1-26-22(14-8-5-3-2-4-6-9-14)13-12-16-18-15(10-7-11-17(18)22)19(23)21(25)20(16)24/h7,10-11,14,16H,2-6,8-9,12-13H2,1H3. The summed E-state index contributed by atoms with van der Waals surface area (Å²) in [6.07, 6.45) is 9.78. The zero-order valence-electron chi connectivity index (χ0n) is 15.4. The van der Waals surface area contributed by atoms with Gasteiger partial charge in [-0.05, 0) is 42.7 Å². The molecule has 0 radical (unpaired) electrons. The summed E-state index contributed by atoms with van der Waals surface area (Å²) in [7, 11) is 1.76. The summed E-state index contributed by atoms with van der Waals surface area (Å²) in [6, 6.07) is 5.56. The number of benzene rings is 1. The van der Waals surface area contributed by atoms with Crippen LogP contribution in [0.5, 0.6) is 0 Å². The molecular weight excluding hydrogens is 328 g/mol. The van der Waals surface area contributed by atoms with E-state index in [1.54, 1.807) is 13.2 Å². The van der Waals surface area contributed by atoms with Gasteiger partial charge in [0.25, 0.3) is 5.78 Å². The second-order valence-corrected chi connectivity index (χ2v) is 8.02. The second-order valence-electron chi connectivity index (χ2n) is 8.02. The van der Waals surface area contributed by atoms with E-state index in [2.05, 4.69) is 0 Å². The monoisotopic (exact) mass is 354 g/mol. The second kappa shape index (κ2) is 6.73. The Labute approximate surface area is 154 Å². The minimum absolute atomic E-state index is 0.392. The smallest absolute Gasteiger partial charge is 0.269 e. The van der Waals surface area contributed by atoms with Gasteiger partial charge < -0.3 is 4.74 Å². The van der Waals surface area contributed by atoms with Gasteiger partial charge in [-0.3, -0.25) is 14.4 Å². The van der Waals surface area contributed by atoms with E-state index in [1.165, 1.54) is 32.1 Å². The number of ketones is 3. The van der Waals surface area contributed by atoms with E-state index < -0.39 is 28.9 Å². The van der Waals surface area contributed by atoms with Crippen LogP contribution in [0.4, 0.5) is 0 Å². The Morgan fingerprint density at radius 3 is 2.31 bits per heavy atom. The lowest BCUT2D eigenvalue weighted by molar-refractivity contribution is -0.137. The molecule has 0 N–H and O–H groups in total. The van der Waals surface area contributed by atoms with Crippen LogP contribution in [0.15, 0.2) is 18.2 Å². The van der Waals surface area contributed by atoms with Gasteiger partial charge in [0.15, 0.2) is 0 Å². The van der Waals surface area contributed by atoms with Gasteiger partial charge in [0.1, 0.15) is 0 Å². The first-order valence-electron chi connectivity index (χ1n) is 9.91. The summed E-state index contributed by atoms with van der Waals surface area (Å²) in [4.78, 5) is 37.0. The molecule has 138 valence electrons. The van der Waals surface area contributed by atoms with Crippen LogP contribution in [0.1, 0.15) is 85.2 Å². The van der Waals surface area contributed by atoms with Gasteiger partial charge >= 0.3 is 0 Å². The third-order valence-corrected chi connectivity index (χ3v) is 6.83. The molecule has 1 fully saturated rings. The lowest BCUT2D eigenvalue weighted by atomic mass is 9.62. The fourth-order valence-corrected chi connectivity index (χ4v) is 5.53. The molecule has 26 heavy (non-hydrogen) atoms. The average Bonchev–Trinajstić information content (AvgIpc) is 2.64. The largest absolute Gasteiger partial charge is 0.373 e. The molecule has 2 unspecified atom stereocenters. The molecule has 0 amide bonds. The van der Waals surface area contributed by atoms with Gasteiger partial charge in [-0.2, -0.15) is 0 Å². The molecule has 0 aliphatic heterocycles. The zero-order valence-corrected chi connectivity index (χ0v) is 15.4. The minimum atomic E-state index is -0.851. The SMILES string of the molecule is COC1(C2CCCCCCC2)CCC2C(=O)C(=O)C(=O)c3cccc1c32. The fourth-order valence-electron chi connectivity index (χ4n) is 5.53. The maximum Gasteiger partial charge on any atom is 0.269 e. The topological polar surface area (TPSA) is 60.4 Å². The first-order valence-corrected chi connectivity index (χ1v) is 9.91. The van der Waals surface area contributed by atoms with E-state index in [1.807, 2.05) is 12.1 Å². The number of hydrogen-bond acceptors (Lipinski definition) is 4. The Morgan fingerprint density at radius 1 is 0.923 bits per heavy atom. The van der Waals surface area contributed by atoms with Crippen molar-refractivity contribution in [3.63, 3.8) is 0 Å². The number of methoxy groups -OCH3 is 1. The highest BCUT2D eigenvalue weighted by molar-refractivity contribution is 6.69. The van der Waals surface area contributed by atoms with Crippen molar-refractivity contribution in [2.75, 3.05) is 7.11 Å². The number of Topliss-reactive ketones (excluding diaryl/α,β-unsaturated/α-hetero) is 3. The summed E-state index contributed by atoms with van der Waals surface area (Å²) in [5.41, 5.74) is 1.73. The molecule has 4 nitrogen and oxygen atoms in total. The van der Waals surface area contributed by atoms with Crippen molar-refractivity contribution in [3.8, 4) is 0 Å². The van der Waals surface area contributed by atoms with E-state index in [-0.39, 0.29) is 0 Å². The quantitative estimate of drug-likeness (QED) is 0.750. The van der Waals surface area contributed by atoms with Gasteiger partial charge in [0.2, 0.25) is 11.6 Å². The number of hydrogen-bond donors (Lipinski definition) is 0. The molecule has 2 atom stereocenters. The number of ether oxygens (including phenoxy) is 1. The first-order chi connectivity index (χ1) is 12.6. The normalized spacial score (nSPS) is 29.9.